The zero-order chi connectivity index (χ0) is 13.1. The van der Waals surface area contributed by atoms with Gasteiger partial charge in [0.15, 0.2) is 0 Å². The number of nitro groups is 1. The number of halogens is 1. The number of hydrogen-bond acceptors (Lipinski definition) is 5. The first-order valence-electron chi connectivity index (χ1n) is 5.89. The van der Waals surface area contributed by atoms with Crippen molar-refractivity contribution in [2.45, 2.75) is 19.0 Å². The number of nitrogens with two attached hydrogens (primary N) is 1. The molecule has 0 bridgehead atoms. The second kappa shape index (κ2) is 6.70. The Labute approximate surface area is 118 Å². The molecule has 1 saturated heterocycles. The lowest BCUT2D eigenvalue weighted by Gasteiger charge is -2.17. The molecule has 1 heterocycles. The van der Waals surface area contributed by atoms with E-state index in [2.05, 4.69) is 4.90 Å². The zero-order valence-electron chi connectivity index (χ0n) is 10.7. The second-order valence-electron chi connectivity index (χ2n) is 4.54. The predicted molar refractivity (Wildman–Crippen MR) is 74.8 cm³/mol. The summed E-state index contributed by atoms with van der Waals surface area (Å²) in [6.07, 6.45) is 0.969. The number of benzene rings is 1. The van der Waals surface area contributed by atoms with E-state index in [1.54, 1.807) is 19.2 Å². The fraction of sp³-hybridized carbons (Fsp3) is 0.500. The van der Waals surface area contributed by atoms with Crippen LogP contribution in [0.1, 0.15) is 12.0 Å². The van der Waals surface area contributed by atoms with Crippen LogP contribution in [0.5, 0.6) is 5.75 Å². The third-order valence-electron chi connectivity index (χ3n) is 3.18. The van der Waals surface area contributed by atoms with Gasteiger partial charge in [0.1, 0.15) is 5.75 Å². The first-order valence-corrected chi connectivity index (χ1v) is 5.89. The van der Waals surface area contributed by atoms with Crippen LogP contribution in [0.25, 0.3) is 0 Å². The zero-order valence-corrected chi connectivity index (χ0v) is 11.6. The highest BCUT2D eigenvalue weighted by atomic mass is 35.5. The summed E-state index contributed by atoms with van der Waals surface area (Å²) in [5, 5.41) is 10.8. The molecule has 0 saturated carbocycles. The van der Waals surface area contributed by atoms with Crippen LogP contribution in [0.4, 0.5) is 5.69 Å². The SMILES string of the molecule is COc1ccc([N+](=O)[O-])cc1CN1CC[C@H](N)C1.Cl. The van der Waals surface area contributed by atoms with E-state index in [1.807, 2.05) is 0 Å². The number of methoxy groups -OCH3 is 1. The summed E-state index contributed by atoms with van der Waals surface area (Å²) in [6, 6.07) is 4.87. The number of likely N-dealkylation sites (tertiary alicyclic amines) is 1. The van der Waals surface area contributed by atoms with E-state index in [4.69, 9.17) is 10.5 Å². The molecule has 0 amide bonds. The van der Waals surface area contributed by atoms with Gasteiger partial charge >= 0.3 is 0 Å². The number of non-ortho nitro benzene ring substituents is 1. The highest BCUT2D eigenvalue weighted by Crippen LogP contribution is 2.26. The van der Waals surface area contributed by atoms with Crippen molar-refractivity contribution in [3.05, 3.63) is 33.9 Å². The van der Waals surface area contributed by atoms with Crippen LogP contribution >= 0.6 is 12.4 Å². The molecule has 19 heavy (non-hydrogen) atoms. The molecule has 7 heteroatoms. The van der Waals surface area contributed by atoms with E-state index in [9.17, 15) is 10.1 Å². The van der Waals surface area contributed by atoms with Gasteiger partial charge < -0.3 is 10.5 Å². The van der Waals surface area contributed by atoms with Crippen molar-refractivity contribution in [1.29, 1.82) is 0 Å². The molecule has 1 aliphatic heterocycles. The van der Waals surface area contributed by atoms with Gasteiger partial charge in [-0.3, -0.25) is 15.0 Å². The summed E-state index contributed by atoms with van der Waals surface area (Å²) in [7, 11) is 1.57. The maximum atomic E-state index is 10.8. The Kier molecular flexibility index (Phi) is 5.53. The van der Waals surface area contributed by atoms with E-state index in [1.165, 1.54) is 6.07 Å². The van der Waals surface area contributed by atoms with Gasteiger partial charge in [-0.1, -0.05) is 0 Å². The topological polar surface area (TPSA) is 81.6 Å². The van der Waals surface area contributed by atoms with Gasteiger partial charge in [0, 0.05) is 43.4 Å². The molecule has 1 atom stereocenters. The fourth-order valence-corrected chi connectivity index (χ4v) is 2.25. The summed E-state index contributed by atoms with van der Waals surface area (Å²) in [4.78, 5) is 12.6. The van der Waals surface area contributed by atoms with Crippen LogP contribution in [-0.4, -0.2) is 36.1 Å². The Morgan fingerprint density at radius 2 is 2.32 bits per heavy atom. The minimum absolute atomic E-state index is 0. The highest BCUT2D eigenvalue weighted by Gasteiger charge is 2.21. The second-order valence-corrected chi connectivity index (χ2v) is 4.54. The standard InChI is InChI=1S/C12H17N3O3.ClH/c1-18-12-3-2-11(15(16)17)6-9(12)7-14-5-4-10(13)8-14;/h2-3,6,10H,4-5,7-8,13H2,1H3;1H/t10-;/m0./s1. The molecule has 0 aliphatic carbocycles. The molecule has 106 valence electrons. The largest absolute Gasteiger partial charge is 0.496 e. The molecule has 1 fully saturated rings. The third kappa shape index (κ3) is 3.79. The predicted octanol–water partition coefficient (Wildman–Crippen LogP) is 1.56. The minimum atomic E-state index is -0.390. The molecule has 0 unspecified atom stereocenters. The lowest BCUT2D eigenvalue weighted by molar-refractivity contribution is -0.384. The van der Waals surface area contributed by atoms with Crippen molar-refractivity contribution in [2.24, 2.45) is 5.73 Å². The summed E-state index contributed by atoms with van der Waals surface area (Å²) >= 11 is 0. The van der Waals surface area contributed by atoms with Gasteiger partial charge in [0.25, 0.3) is 5.69 Å². The Morgan fingerprint density at radius 3 is 2.84 bits per heavy atom. The van der Waals surface area contributed by atoms with Crippen molar-refractivity contribution in [3.63, 3.8) is 0 Å². The molecule has 1 aromatic carbocycles. The number of rotatable bonds is 4. The van der Waals surface area contributed by atoms with Gasteiger partial charge in [0.05, 0.1) is 12.0 Å². The molecule has 2 rings (SSSR count). The van der Waals surface area contributed by atoms with E-state index >= 15 is 0 Å². The lowest BCUT2D eigenvalue weighted by atomic mass is 10.1. The van der Waals surface area contributed by atoms with Gasteiger partial charge in [-0.05, 0) is 12.5 Å². The molecule has 1 aromatic rings. The van der Waals surface area contributed by atoms with Gasteiger partial charge in [-0.15, -0.1) is 12.4 Å². The molecule has 1 aliphatic rings. The summed E-state index contributed by atoms with van der Waals surface area (Å²) in [5.74, 6) is 0.682. The Hall–Kier alpha value is -1.37. The smallest absolute Gasteiger partial charge is 0.270 e. The van der Waals surface area contributed by atoms with Crippen molar-refractivity contribution in [3.8, 4) is 5.75 Å². The molecule has 0 radical (unpaired) electrons. The lowest BCUT2D eigenvalue weighted by Crippen LogP contribution is -2.26. The van der Waals surface area contributed by atoms with Crippen molar-refractivity contribution < 1.29 is 9.66 Å². The van der Waals surface area contributed by atoms with Gasteiger partial charge in [-0.2, -0.15) is 0 Å². The average molecular weight is 288 g/mol. The van der Waals surface area contributed by atoms with Gasteiger partial charge in [-0.25, -0.2) is 0 Å². The monoisotopic (exact) mass is 287 g/mol. The van der Waals surface area contributed by atoms with Crippen LogP contribution in [-0.2, 0) is 6.54 Å². The number of nitro benzene ring substituents is 1. The number of ether oxygens (including phenoxy) is 1. The fourth-order valence-electron chi connectivity index (χ4n) is 2.25. The first-order chi connectivity index (χ1) is 8.60. The summed E-state index contributed by atoms with van der Waals surface area (Å²) < 4.78 is 5.24. The van der Waals surface area contributed by atoms with Crippen LogP contribution in [0.3, 0.4) is 0 Å². The Morgan fingerprint density at radius 1 is 1.58 bits per heavy atom. The molecule has 0 aromatic heterocycles. The van der Waals surface area contributed by atoms with Crippen molar-refractivity contribution >= 4 is 18.1 Å². The van der Waals surface area contributed by atoms with E-state index in [0.29, 0.717) is 12.3 Å². The maximum absolute atomic E-state index is 10.8. The summed E-state index contributed by atoms with van der Waals surface area (Å²) in [6.45, 7) is 2.39. The Bertz CT molecular complexity index is 456. The summed E-state index contributed by atoms with van der Waals surface area (Å²) in [5.41, 5.74) is 6.77. The third-order valence-corrected chi connectivity index (χ3v) is 3.18. The minimum Gasteiger partial charge on any atom is -0.496 e. The average Bonchev–Trinajstić information content (AvgIpc) is 2.74. The van der Waals surface area contributed by atoms with E-state index in [-0.39, 0.29) is 24.1 Å². The molecule has 2 N–H and O–H groups in total. The van der Waals surface area contributed by atoms with Crippen LogP contribution in [0, 0.1) is 10.1 Å². The highest BCUT2D eigenvalue weighted by molar-refractivity contribution is 5.85. The van der Waals surface area contributed by atoms with Gasteiger partial charge in [0.2, 0.25) is 0 Å². The van der Waals surface area contributed by atoms with Crippen LogP contribution in [0.15, 0.2) is 18.2 Å². The molecule has 0 spiro atoms. The molecule has 6 nitrogen and oxygen atoms in total. The number of nitrogens with zero attached hydrogens (tertiary/aromatic N) is 2. The number of hydrogen-bond donors (Lipinski definition) is 1. The van der Waals surface area contributed by atoms with Crippen molar-refractivity contribution in [1.82, 2.24) is 4.90 Å². The van der Waals surface area contributed by atoms with Crippen molar-refractivity contribution in [2.75, 3.05) is 20.2 Å². The van der Waals surface area contributed by atoms with Crippen LogP contribution in [0.2, 0.25) is 0 Å². The Balaban J connectivity index is 0.00000180. The molecular weight excluding hydrogens is 270 g/mol. The maximum Gasteiger partial charge on any atom is 0.270 e. The normalized spacial score (nSPS) is 18.9. The van der Waals surface area contributed by atoms with E-state index < -0.39 is 4.92 Å². The quantitative estimate of drug-likeness (QED) is 0.671. The van der Waals surface area contributed by atoms with E-state index in [0.717, 1.165) is 25.1 Å². The van der Waals surface area contributed by atoms with Crippen LogP contribution < -0.4 is 10.5 Å². The first kappa shape index (κ1) is 15.7. The molecular formula is C12H18ClN3O3.